The van der Waals surface area contributed by atoms with Crippen LogP contribution in [0.2, 0.25) is 5.02 Å². The highest BCUT2D eigenvalue weighted by Crippen LogP contribution is 2.20. The van der Waals surface area contributed by atoms with Gasteiger partial charge in [0, 0.05) is 33.1 Å². The topological polar surface area (TPSA) is 130 Å². The standard InChI is InChI=1S/C17H23ClFN3O6S2/c1-20-16(23)11-29(25,26)12-5-8-22(9-6-12)17(24)4-7-21-30(27,28)13-2-3-15(19)14(18)10-13/h2-3,10,12,21H,4-9,11H2,1H3,(H,20,23). The van der Waals surface area contributed by atoms with E-state index in [0.29, 0.717) is 0 Å². The number of nitrogens with zero attached hydrogens (tertiary/aromatic N) is 1. The highest BCUT2D eigenvalue weighted by Gasteiger charge is 2.32. The van der Waals surface area contributed by atoms with E-state index in [4.69, 9.17) is 11.6 Å². The lowest BCUT2D eigenvalue weighted by Gasteiger charge is -2.31. The summed E-state index contributed by atoms with van der Waals surface area (Å²) in [4.78, 5) is 24.9. The fourth-order valence-corrected chi connectivity index (χ4v) is 5.99. The van der Waals surface area contributed by atoms with Crippen LogP contribution in [0.25, 0.3) is 0 Å². The van der Waals surface area contributed by atoms with E-state index in [2.05, 4.69) is 10.0 Å². The molecule has 1 heterocycles. The molecule has 0 atom stereocenters. The molecule has 0 aliphatic carbocycles. The van der Waals surface area contributed by atoms with Crippen LogP contribution in [0, 0.1) is 5.82 Å². The Labute approximate surface area is 179 Å². The van der Waals surface area contributed by atoms with E-state index in [1.807, 2.05) is 0 Å². The molecular weight excluding hydrogens is 461 g/mol. The summed E-state index contributed by atoms with van der Waals surface area (Å²) >= 11 is 5.59. The third-order valence-electron chi connectivity index (χ3n) is 4.75. The lowest BCUT2D eigenvalue weighted by atomic mass is 10.1. The summed E-state index contributed by atoms with van der Waals surface area (Å²) < 4.78 is 64.3. The maximum Gasteiger partial charge on any atom is 0.240 e. The van der Waals surface area contributed by atoms with Crippen LogP contribution in [0.3, 0.4) is 0 Å². The Balaban J connectivity index is 1.84. The molecule has 0 aromatic heterocycles. The fraction of sp³-hybridized carbons (Fsp3) is 0.529. The average Bonchev–Trinajstić information content (AvgIpc) is 2.69. The second-order valence-corrected chi connectivity index (χ2v) is 11.2. The van der Waals surface area contributed by atoms with Gasteiger partial charge >= 0.3 is 0 Å². The summed E-state index contributed by atoms with van der Waals surface area (Å²) in [5.74, 6) is -2.23. The molecule has 2 amide bonds. The van der Waals surface area contributed by atoms with E-state index >= 15 is 0 Å². The number of piperidine rings is 1. The lowest BCUT2D eigenvalue weighted by molar-refractivity contribution is -0.131. The number of benzene rings is 1. The third-order valence-corrected chi connectivity index (χ3v) is 8.65. The molecule has 9 nitrogen and oxygen atoms in total. The molecule has 2 rings (SSSR count). The zero-order chi connectivity index (χ0) is 22.5. The molecule has 0 bridgehead atoms. The molecular formula is C17H23ClFN3O6S2. The summed E-state index contributed by atoms with van der Waals surface area (Å²) in [6.07, 6.45) is 0.305. The number of amides is 2. The molecule has 1 aromatic carbocycles. The van der Waals surface area contributed by atoms with Crippen molar-refractivity contribution >= 4 is 43.3 Å². The highest BCUT2D eigenvalue weighted by atomic mass is 35.5. The van der Waals surface area contributed by atoms with Crippen LogP contribution < -0.4 is 10.0 Å². The first-order valence-electron chi connectivity index (χ1n) is 9.11. The maximum absolute atomic E-state index is 13.2. The minimum atomic E-state index is -3.96. The van der Waals surface area contributed by atoms with Gasteiger partial charge in [-0.2, -0.15) is 0 Å². The van der Waals surface area contributed by atoms with Crippen molar-refractivity contribution in [2.75, 3.05) is 32.4 Å². The Morgan fingerprint density at radius 3 is 2.40 bits per heavy atom. The molecule has 0 unspecified atom stereocenters. The molecule has 2 N–H and O–H groups in total. The molecule has 1 aliphatic rings. The van der Waals surface area contributed by atoms with Crippen molar-refractivity contribution in [1.29, 1.82) is 0 Å². The van der Waals surface area contributed by atoms with Crippen LogP contribution in [-0.2, 0) is 29.4 Å². The predicted molar refractivity (Wildman–Crippen MR) is 109 cm³/mol. The van der Waals surface area contributed by atoms with Gasteiger partial charge in [-0.1, -0.05) is 11.6 Å². The number of hydrogen-bond acceptors (Lipinski definition) is 6. The van der Waals surface area contributed by atoms with Crippen LogP contribution in [0.5, 0.6) is 0 Å². The summed E-state index contributed by atoms with van der Waals surface area (Å²) in [5.41, 5.74) is 0. The minimum Gasteiger partial charge on any atom is -0.358 e. The van der Waals surface area contributed by atoms with E-state index in [-0.39, 0.29) is 54.7 Å². The quantitative estimate of drug-likeness (QED) is 0.547. The van der Waals surface area contributed by atoms with Gasteiger partial charge in [-0.05, 0) is 31.0 Å². The van der Waals surface area contributed by atoms with Gasteiger partial charge in [-0.25, -0.2) is 25.9 Å². The van der Waals surface area contributed by atoms with E-state index in [0.717, 1.165) is 18.2 Å². The van der Waals surface area contributed by atoms with Crippen molar-refractivity contribution in [2.45, 2.75) is 29.4 Å². The normalized spacial score (nSPS) is 15.8. The number of halogens is 2. The largest absolute Gasteiger partial charge is 0.358 e. The van der Waals surface area contributed by atoms with Gasteiger partial charge < -0.3 is 10.2 Å². The lowest BCUT2D eigenvalue weighted by Crippen LogP contribution is -2.45. The number of rotatable bonds is 8. The Morgan fingerprint density at radius 2 is 1.83 bits per heavy atom. The number of likely N-dealkylation sites (tertiary alicyclic amines) is 1. The van der Waals surface area contributed by atoms with Crippen molar-refractivity contribution in [1.82, 2.24) is 14.9 Å². The molecule has 168 valence electrons. The van der Waals surface area contributed by atoms with Crippen molar-refractivity contribution < 1.29 is 30.8 Å². The molecule has 0 spiro atoms. The Kier molecular flexibility index (Phi) is 8.20. The molecule has 1 aliphatic heterocycles. The van der Waals surface area contributed by atoms with E-state index in [1.165, 1.54) is 11.9 Å². The van der Waals surface area contributed by atoms with Crippen LogP contribution >= 0.6 is 11.6 Å². The van der Waals surface area contributed by atoms with Crippen molar-refractivity contribution in [3.63, 3.8) is 0 Å². The second kappa shape index (κ2) is 10.0. The monoisotopic (exact) mass is 483 g/mol. The van der Waals surface area contributed by atoms with Crippen molar-refractivity contribution in [2.24, 2.45) is 0 Å². The van der Waals surface area contributed by atoms with Crippen LogP contribution in [0.15, 0.2) is 23.1 Å². The first-order chi connectivity index (χ1) is 14.0. The molecule has 30 heavy (non-hydrogen) atoms. The molecule has 0 radical (unpaired) electrons. The van der Waals surface area contributed by atoms with Gasteiger partial charge in [-0.3, -0.25) is 9.59 Å². The van der Waals surface area contributed by atoms with Crippen molar-refractivity contribution in [3.05, 3.63) is 29.0 Å². The molecule has 1 aromatic rings. The summed E-state index contributed by atoms with van der Waals surface area (Å²) in [6.45, 7) is 0.235. The Hall–Kier alpha value is -1.76. The molecule has 1 fully saturated rings. The smallest absolute Gasteiger partial charge is 0.240 e. The number of sulfonamides is 1. The number of carbonyl (C=O) groups excluding carboxylic acids is 2. The van der Waals surface area contributed by atoms with Crippen LogP contribution in [-0.4, -0.2) is 71.2 Å². The number of hydrogen-bond donors (Lipinski definition) is 2. The van der Waals surface area contributed by atoms with E-state index in [1.54, 1.807) is 0 Å². The minimum absolute atomic E-state index is 0.121. The summed E-state index contributed by atoms with van der Waals surface area (Å²) in [7, 11) is -6.19. The van der Waals surface area contributed by atoms with Gasteiger partial charge in [0.15, 0.2) is 9.84 Å². The van der Waals surface area contributed by atoms with Gasteiger partial charge in [0.25, 0.3) is 0 Å². The maximum atomic E-state index is 13.2. The van der Waals surface area contributed by atoms with Gasteiger partial charge in [-0.15, -0.1) is 0 Å². The first-order valence-corrected chi connectivity index (χ1v) is 12.7. The van der Waals surface area contributed by atoms with Gasteiger partial charge in [0.05, 0.1) is 15.2 Å². The summed E-state index contributed by atoms with van der Waals surface area (Å²) in [6, 6.07) is 2.98. The van der Waals surface area contributed by atoms with Crippen LogP contribution in [0.1, 0.15) is 19.3 Å². The van der Waals surface area contributed by atoms with E-state index < -0.39 is 42.6 Å². The zero-order valence-corrected chi connectivity index (χ0v) is 18.6. The van der Waals surface area contributed by atoms with Crippen LogP contribution in [0.4, 0.5) is 4.39 Å². The highest BCUT2D eigenvalue weighted by molar-refractivity contribution is 7.92. The Morgan fingerprint density at radius 1 is 1.20 bits per heavy atom. The first kappa shape index (κ1) is 24.5. The molecule has 13 heteroatoms. The number of carbonyl (C=O) groups is 2. The second-order valence-electron chi connectivity index (χ2n) is 6.78. The fourth-order valence-electron chi connectivity index (χ4n) is 3.01. The molecule has 0 saturated carbocycles. The summed E-state index contributed by atoms with van der Waals surface area (Å²) in [5, 5.41) is 1.25. The van der Waals surface area contributed by atoms with Gasteiger partial charge in [0.1, 0.15) is 11.6 Å². The third kappa shape index (κ3) is 6.37. The van der Waals surface area contributed by atoms with E-state index in [9.17, 15) is 30.8 Å². The molecule has 1 saturated heterocycles. The number of sulfone groups is 1. The van der Waals surface area contributed by atoms with Crippen molar-refractivity contribution in [3.8, 4) is 0 Å². The SMILES string of the molecule is CNC(=O)CS(=O)(=O)C1CCN(C(=O)CCNS(=O)(=O)c2ccc(F)c(Cl)c2)CC1. The predicted octanol–water partition coefficient (Wildman–Crippen LogP) is 0.299. The average molecular weight is 484 g/mol. The number of nitrogens with one attached hydrogen (secondary N) is 2. The van der Waals surface area contributed by atoms with Gasteiger partial charge in [0.2, 0.25) is 21.8 Å². The Bertz CT molecular complexity index is 1010. The zero-order valence-electron chi connectivity index (χ0n) is 16.2.